The summed E-state index contributed by atoms with van der Waals surface area (Å²) in [6.07, 6.45) is 2.88. The standard InChI is InChI=1S/C13H16N2O4/c1-8-6-10(4-5-19-8)15-12(16)11-3-2-9(7-14-11)13(17)18/h2-3,7-8,10H,4-6H2,1H3,(H,15,16)(H,17,18). The van der Waals surface area contributed by atoms with E-state index in [1.165, 1.54) is 18.3 Å². The highest BCUT2D eigenvalue weighted by Gasteiger charge is 2.21. The van der Waals surface area contributed by atoms with E-state index in [4.69, 9.17) is 9.84 Å². The molecule has 2 unspecified atom stereocenters. The summed E-state index contributed by atoms with van der Waals surface area (Å²) in [6, 6.07) is 2.87. The summed E-state index contributed by atoms with van der Waals surface area (Å²) in [4.78, 5) is 26.5. The van der Waals surface area contributed by atoms with Gasteiger partial charge >= 0.3 is 5.97 Å². The summed E-state index contributed by atoms with van der Waals surface area (Å²) in [5.41, 5.74) is 0.292. The third-order valence-corrected chi connectivity index (χ3v) is 3.06. The van der Waals surface area contributed by atoms with Crippen LogP contribution in [0.15, 0.2) is 18.3 Å². The fourth-order valence-electron chi connectivity index (χ4n) is 2.04. The second kappa shape index (κ2) is 5.79. The number of pyridine rings is 1. The van der Waals surface area contributed by atoms with E-state index < -0.39 is 5.97 Å². The van der Waals surface area contributed by atoms with Gasteiger partial charge in [-0.2, -0.15) is 0 Å². The molecule has 0 spiro atoms. The molecule has 2 heterocycles. The summed E-state index contributed by atoms with van der Waals surface area (Å²) in [7, 11) is 0. The largest absolute Gasteiger partial charge is 0.478 e. The molecule has 19 heavy (non-hydrogen) atoms. The van der Waals surface area contributed by atoms with E-state index in [0.29, 0.717) is 6.61 Å². The molecule has 2 N–H and O–H groups in total. The zero-order valence-corrected chi connectivity index (χ0v) is 10.6. The van der Waals surface area contributed by atoms with Gasteiger partial charge in [-0.3, -0.25) is 9.78 Å². The SMILES string of the molecule is CC1CC(NC(=O)c2ccc(C(=O)O)cn2)CCO1. The summed E-state index contributed by atoms with van der Waals surface area (Å²) < 4.78 is 5.41. The quantitative estimate of drug-likeness (QED) is 0.852. The van der Waals surface area contributed by atoms with Crippen LogP contribution in [0.3, 0.4) is 0 Å². The van der Waals surface area contributed by atoms with Crippen LogP contribution >= 0.6 is 0 Å². The third kappa shape index (κ3) is 3.51. The van der Waals surface area contributed by atoms with Crippen molar-refractivity contribution < 1.29 is 19.4 Å². The molecular weight excluding hydrogens is 248 g/mol. The van der Waals surface area contributed by atoms with Crippen LogP contribution in [0.1, 0.15) is 40.6 Å². The molecule has 0 saturated carbocycles. The van der Waals surface area contributed by atoms with Gasteiger partial charge in [0.1, 0.15) is 5.69 Å². The van der Waals surface area contributed by atoms with Crippen LogP contribution < -0.4 is 5.32 Å². The number of carbonyl (C=O) groups excluding carboxylic acids is 1. The van der Waals surface area contributed by atoms with Crippen molar-refractivity contribution in [1.29, 1.82) is 0 Å². The molecule has 6 nitrogen and oxygen atoms in total. The van der Waals surface area contributed by atoms with Crippen molar-refractivity contribution in [1.82, 2.24) is 10.3 Å². The number of aromatic nitrogens is 1. The lowest BCUT2D eigenvalue weighted by Crippen LogP contribution is -2.41. The van der Waals surface area contributed by atoms with Gasteiger partial charge in [0.05, 0.1) is 11.7 Å². The molecule has 1 aromatic rings. The van der Waals surface area contributed by atoms with Crippen LogP contribution in [0.25, 0.3) is 0 Å². The van der Waals surface area contributed by atoms with E-state index >= 15 is 0 Å². The predicted molar refractivity (Wildman–Crippen MR) is 67.1 cm³/mol. The molecule has 102 valence electrons. The average molecular weight is 264 g/mol. The highest BCUT2D eigenvalue weighted by atomic mass is 16.5. The lowest BCUT2D eigenvalue weighted by molar-refractivity contribution is 0.0136. The first-order chi connectivity index (χ1) is 9.06. The highest BCUT2D eigenvalue weighted by Crippen LogP contribution is 2.13. The van der Waals surface area contributed by atoms with E-state index in [-0.39, 0.29) is 29.3 Å². The van der Waals surface area contributed by atoms with Crippen LogP contribution in [0.2, 0.25) is 0 Å². The normalized spacial score (nSPS) is 22.8. The van der Waals surface area contributed by atoms with Gasteiger partial charge in [0.2, 0.25) is 0 Å². The second-order valence-electron chi connectivity index (χ2n) is 4.61. The first kappa shape index (κ1) is 13.5. The monoisotopic (exact) mass is 264 g/mol. The van der Waals surface area contributed by atoms with Crippen LogP contribution in [-0.2, 0) is 4.74 Å². The molecule has 0 aromatic carbocycles. The second-order valence-corrected chi connectivity index (χ2v) is 4.61. The number of ether oxygens (including phenoxy) is 1. The zero-order chi connectivity index (χ0) is 13.8. The number of carbonyl (C=O) groups is 2. The molecule has 1 saturated heterocycles. The van der Waals surface area contributed by atoms with Crippen molar-refractivity contribution in [2.75, 3.05) is 6.61 Å². The Kier molecular flexibility index (Phi) is 4.11. The van der Waals surface area contributed by atoms with Crippen LogP contribution in [0.5, 0.6) is 0 Å². The minimum Gasteiger partial charge on any atom is -0.478 e. The van der Waals surface area contributed by atoms with Crippen LogP contribution in [-0.4, -0.2) is 40.7 Å². The Balaban J connectivity index is 1.97. The number of carboxylic acids is 1. The smallest absolute Gasteiger partial charge is 0.337 e. The highest BCUT2D eigenvalue weighted by molar-refractivity contribution is 5.93. The van der Waals surface area contributed by atoms with E-state index in [9.17, 15) is 9.59 Å². The number of rotatable bonds is 3. The van der Waals surface area contributed by atoms with Crippen molar-refractivity contribution in [2.45, 2.75) is 31.9 Å². The van der Waals surface area contributed by atoms with Crippen molar-refractivity contribution in [3.05, 3.63) is 29.6 Å². The minimum atomic E-state index is -1.06. The molecule has 0 radical (unpaired) electrons. The molecular formula is C13H16N2O4. The number of nitrogens with zero attached hydrogens (tertiary/aromatic N) is 1. The summed E-state index contributed by atoms with van der Waals surface area (Å²) in [5.74, 6) is -1.34. The molecule has 6 heteroatoms. The first-order valence-corrected chi connectivity index (χ1v) is 6.18. The number of hydrogen-bond acceptors (Lipinski definition) is 4. The number of amides is 1. The van der Waals surface area contributed by atoms with Gasteiger partial charge in [-0.05, 0) is 31.9 Å². The summed E-state index contributed by atoms with van der Waals surface area (Å²) >= 11 is 0. The number of nitrogens with one attached hydrogen (secondary N) is 1. The topological polar surface area (TPSA) is 88.5 Å². The lowest BCUT2D eigenvalue weighted by atomic mass is 10.0. The third-order valence-electron chi connectivity index (χ3n) is 3.06. The maximum atomic E-state index is 11.9. The van der Waals surface area contributed by atoms with E-state index in [1.807, 2.05) is 6.92 Å². The molecule has 2 rings (SSSR count). The van der Waals surface area contributed by atoms with Crippen molar-refractivity contribution in [2.24, 2.45) is 0 Å². The van der Waals surface area contributed by atoms with Crippen molar-refractivity contribution in [3.8, 4) is 0 Å². The maximum Gasteiger partial charge on any atom is 0.337 e. The molecule has 2 atom stereocenters. The Hall–Kier alpha value is -1.95. The van der Waals surface area contributed by atoms with E-state index in [0.717, 1.165) is 12.8 Å². The molecule has 0 aliphatic carbocycles. The molecule has 1 amide bonds. The Bertz CT molecular complexity index is 472. The molecule has 1 aromatic heterocycles. The molecule has 1 fully saturated rings. The fourth-order valence-corrected chi connectivity index (χ4v) is 2.04. The number of carboxylic acid groups (broad SMARTS) is 1. The van der Waals surface area contributed by atoms with Gasteiger partial charge in [-0.1, -0.05) is 0 Å². The van der Waals surface area contributed by atoms with E-state index in [2.05, 4.69) is 10.3 Å². The summed E-state index contributed by atoms with van der Waals surface area (Å²) in [5, 5.41) is 11.6. The average Bonchev–Trinajstić information content (AvgIpc) is 2.39. The maximum absolute atomic E-state index is 11.9. The van der Waals surface area contributed by atoms with E-state index in [1.54, 1.807) is 0 Å². The molecule has 1 aliphatic heterocycles. The van der Waals surface area contributed by atoms with Gasteiger partial charge in [0.15, 0.2) is 0 Å². The van der Waals surface area contributed by atoms with Crippen molar-refractivity contribution in [3.63, 3.8) is 0 Å². The molecule has 0 bridgehead atoms. The Morgan fingerprint density at radius 3 is 2.84 bits per heavy atom. The van der Waals surface area contributed by atoms with Gasteiger partial charge < -0.3 is 15.2 Å². The Labute approximate surface area is 110 Å². The lowest BCUT2D eigenvalue weighted by Gasteiger charge is -2.27. The Morgan fingerprint density at radius 2 is 2.26 bits per heavy atom. The van der Waals surface area contributed by atoms with Gasteiger partial charge in [0, 0.05) is 18.8 Å². The summed E-state index contributed by atoms with van der Waals surface area (Å²) in [6.45, 7) is 2.61. The Morgan fingerprint density at radius 1 is 1.47 bits per heavy atom. The van der Waals surface area contributed by atoms with Crippen LogP contribution in [0, 0.1) is 0 Å². The zero-order valence-electron chi connectivity index (χ0n) is 10.6. The van der Waals surface area contributed by atoms with Gasteiger partial charge in [-0.25, -0.2) is 4.79 Å². The fraction of sp³-hybridized carbons (Fsp3) is 0.462. The number of hydrogen-bond donors (Lipinski definition) is 2. The first-order valence-electron chi connectivity index (χ1n) is 6.18. The number of aromatic carboxylic acids is 1. The van der Waals surface area contributed by atoms with Gasteiger partial charge in [-0.15, -0.1) is 0 Å². The predicted octanol–water partition coefficient (Wildman–Crippen LogP) is 1.08. The van der Waals surface area contributed by atoms with Crippen LogP contribution in [0.4, 0.5) is 0 Å². The van der Waals surface area contributed by atoms with Crippen molar-refractivity contribution >= 4 is 11.9 Å². The minimum absolute atomic E-state index is 0.0660. The molecule has 1 aliphatic rings. The van der Waals surface area contributed by atoms with Gasteiger partial charge in [0.25, 0.3) is 5.91 Å².